The van der Waals surface area contributed by atoms with Gasteiger partial charge in [-0.15, -0.1) is 0 Å². The molecule has 74 valence electrons. The maximum atomic E-state index is 13.1. The molecule has 0 aromatic carbocycles. The monoisotopic (exact) mass is 187 g/mol. The number of hydrogen-bond donors (Lipinski definition) is 1. The summed E-state index contributed by atoms with van der Waals surface area (Å²) in [5.41, 5.74) is -0.138. The first-order chi connectivity index (χ1) is 5.90. The highest BCUT2D eigenvalue weighted by molar-refractivity contribution is 5.87. The Morgan fingerprint density at radius 3 is 2.31 bits per heavy atom. The van der Waals surface area contributed by atoms with Crippen LogP contribution in [-0.4, -0.2) is 24.7 Å². The lowest BCUT2D eigenvalue weighted by Gasteiger charge is -2.22. The molecule has 3 nitrogen and oxygen atoms in total. The summed E-state index contributed by atoms with van der Waals surface area (Å²) < 4.78 is 18.0. The third-order valence-corrected chi connectivity index (χ3v) is 1.57. The fraction of sp³-hybridized carbons (Fsp3) is 0.667. The van der Waals surface area contributed by atoms with E-state index in [2.05, 4.69) is 5.32 Å². The molecule has 0 bridgehead atoms. The molecule has 0 aromatic rings. The number of carbonyl (C=O) groups is 1. The minimum absolute atomic E-state index is 0.449. The van der Waals surface area contributed by atoms with Crippen LogP contribution in [0.3, 0.4) is 0 Å². The molecule has 1 saturated heterocycles. The van der Waals surface area contributed by atoms with Gasteiger partial charge < -0.3 is 10.1 Å². The topological polar surface area (TPSA) is 38.3 Å². The Morgan fingerprint density at radius 2 is 2.00 bits per heavy atom. The lowest BCUT2D eigenvalue weighted by atomic mass is 10.1. The molecule has 0 amide bonds. The van der Waals surface area contributed by atoms with Crippen LogP contribution in [-0.2, 0) is 9.53 Å². The smallest absolute Gasteiger partial charge is 0.367 e. The molecule has 0 aromatic heterocycles. The summed E-state index contributed by atoms with van der Waals surface area (Å²) in [6.07, 6.45) is 0. The fourth-order valence-electron chi connectivity index (χ4n) is 0.872. The zero-order valence-corrected chi connectivity index (χ0v) is 8.11. The molecule has 0 aliphatic carbocycles. The van der Waals surface area contributed by atoms with Crippen molar-refractivity contribution in [3.05, 3.63) is 11.4 Å². The molecule has 0 atom stereocenters. The SMILES string of the molecule is CC(C)(C)OC(=O)C(F)=C1CNC1. The number of nitrogens with one attached hydrogen (secondary N) is 1. The van der Waals surface area contributed by atoms with Gasteiger partial charge in [0, 0.05) is 18.7 Å². The zero-order chi connectivity index (χ0) is 10.1. The quantitative estimate of drug-likeness (QED) is 0.494. The van der Waals surface area contributed by atoms with Gasteiger partial charge in [-0.3, -0.25) is 0 Å². The molecule has 0 spiro atoms. The van der Waals surface area contributed by atoms with E-state index in [0.29, 0.717) is 18.7 Å². The Kier molecular flexibility index (Phi) is 2.71. The van der Waals surface area contributed by atoms with Gasteiger partial charge in [0.05, 0.1) is 0 Å². The second-order valence-electron chi connectivity index (χ2n) is 4.02. The van der Waals surface area contributed by atoms with E-state index < -0.39 is 17.4 Å². The maximum Gasteiger partial charge on any atom is 0.367 e. The molecule has 1 aliphatic rings. The summed E-state index contributed by atoms with van der Waals surface area (Å²) in [7, 11) is 0. The number of carbonyl (C=O) groups excluding carboxylic acids is 1. The predicted molar refractivity (Wildman–Crippen MR) is 46.8 cm³/mol. The van der Waals surface area contributed by atoms with Gasteiger partial charge in [-0.25, -0.2) is 4.79 Å². The van der Waals surface area contributed by atoms with Crippen molar-refractivity contribution in [2.24, 2.45) is 0 Å². The third-order valence-electron chi connectivity index (χ3n) is 1.57. The first kappa shape index (κ1) is 10.2. The van der Waals surface area contributed by atoms with Gasteiger partial charge in [0.1, 0.15) is 5.60 Å². The Morgan fingerprint density at radius 1 is 1.46 bits per heavy atom. The molecule has 1 heterocycles. The van der Waals surface area contributed by atoms with Crippen LogP contribution < -0.4 is 5.32 Å². The highest BCUT2D eigenvalue weighted by Gasteiger charge is 2.25. The lowest BCUT2D eigenvalue weighted by Crippen LogP contribution is -2.36. The number of hydrogen-bond acceptors (Lipinski definition) is 3. The Hall–Kier alpha value is -0.900. The second-order valence-corrected chi connectivity index (χ2v) is 4.02. The van der Waals surface area contributed by atoms with Crippen LogP contribution in [0.25, 0.3) is 0 Å². The van der Waals surface area contributed by atoms with Gasteiger partial charge in [-0.1, -0.05) is 0 Å². The normalized spacial score (nSPS) is 16.5. The maximum absolute atomic E-state index is 13.1. The molecule has 13 heavy (non-hydrogen) atoms. The van der Waals surface area contributed by atoms with Crippen molar-refractivity contribution in [2.45, 2.75) is 26.4 Å². The van der Waals surface area contributed by atoms with E-state index in [1.54, 1.807) is 20.8 Å². The lowest BCUT2D eigenvalue weighted by molar-refractivity contribution is -0.151. The first-order valence-corrected chi connectivity index (χ1v) is 4.22. The van der Waals surface area contributed by atoms with Crippen molar-refractivity contribution < 1.29 is 13.9 Å². The van der Waals surface area contributed by atoms with Gasteiger partial charge in [0.2, 0.25) is 5.83 Å². The van der Waals surface area contributed by atoms with E-state index in [1.165, 1.54) is 0 Å². The molecule has 1 fully saturated rings. The Bertz CT molecular complexity index is 247. The molecular formula is C9H14FNO2. The van der Waals surface area contributed by atoms with Crippen molar-refractivity contribution >= 4 is 5.97 Å². The average Bonchev–Trinajstić information content (AvgIpc) is 1.78. The Labute approximate surface area is 77.0 Å². The van der Waals surface area contributed by atoms with Crippen molar-refractivity contribution in [3.8, 4) is 0 Å². The summed E-state index contributed by atoms with van der Waals surface area (Å²) in [4.78, 5) is 11.1. The molecule has 0 unspecified atom stereocenters. The minimum Gasteiger partial charge on any atom is -0.455 e. The van der Waals surface area contributed by atoms with E-state index >= 15 is 0 Å². The van der Waals surface area contributed by atoms with Crippen LogP contribution in [0, 0.1) is 0 Å². The number of halogens is 1. The van der Waals surface area contributed by atoms with Crippen LogP contribution in [0.2, 0.25) is 0 Å². The summed E-state index contributed by atoms with van der Waals surface area (Å²) in [5, 5.41) is 2.85. The summed E-state index contributed by atoms with van der Waals surface area (Å²) in [6, 6.07) is 0. The standard InChI is InChI=1S/C9H14FNO2/c1-9(2,3)13-8(12)7(10)6-4-11-5-6/h11H,4-5H2,1-3H3. The third kappa shape index (κ3) is 2.81. The van der Waals surface area contributed by atoms with Crippen LogP contribution in [0.5, 0.6) is 0 Å². The predicted octanol–water partition coefficient (Wildman–Crippen LogP) is 1.15. The van der Waals surface area contributed by atoms with Gasteiger partial charge >= 0.3 is 5.97 Å². The first-order valence-electron chi connectivity index (χ1n) is 4.22. The van der Waals surface area contributed by atoms with E-state index in [1.807, 2.05) is 0 Å². The van der Waals surface area contributed by atoms with Crippen molar-refractivity contribution in [2.75, 3.05) is 13.1 Å². The number of rotatable bonds is 1. The Balaban J connectivity index is 2.58. The van der Waals surface area contributed by atoms with Crippen molar-refractivity contribution in [1.29, 1.82) is 0 Å². The van der Waals surface area contributed by atoms with E-state index in [-0.39, 0.29) is 0 Å². The second kappa shape index (κ2) is 3.46. The van der Waals surface area contributed by atoms with Gasteiger partial charge in [-0.05, 0) is 20.8 Å². The molecule has 0 saturated carbocycles. The summed E-state index contributed by atoms with van der Waals surface area (Å²) >= 11 is 0. The van der Waals surface area contributed by atoms with Crippen LogP contribution in [0.15, 0.2) is 11.4 Å². The molecular weight excluding hydrogens is 173 g/mol. The van der Waals surface area contributed by atoms with Crippen LogP contribution in [0.4, 0.5) is 4.39 Å². The van der Waals surface area contributed by atoms with E-state index in [4.69, 9.17) is 4.74 Å². The highest BCUT2D eigenvalue weighted by atomic mass is 19.1. The molecule has 1 aliphatic heterocycles. The summed E-state index contributed by atoms with van der Waals surface area (Å²) in [5.74, 6) is -1.60. The van der Waals surface area contributed by atoms with Crippen molar-refractivity contribution in [1.82, 2.24) is 5.32 Å². The largest absolute Gasteiger partial charge is 0.455 e. The molecule has 1 N–H and O–H groups in total. The fourth-order valence-corrected chi connectivity index (χ4v) is 0.872. The minimum atomic E-state index is -0.857. The molecule has 1 rings (SSSR count). The number of esters is 1. The number of ether oxygens (including phenoxy) is 1. The summed E-state index contributed by atoms with van der Waals surface area (Å²) in [6.45, 7) is 6.03. The van der Waals surface area contributed by atoms with E-state index in [9.17, 15) is 9.18 Å². The zero-order valence-electron chi connectivity index (χ0n) is 8.11. The van der Waals surface area contributed by atoms with Gasteiger partial charge in [0.25, 0.3) is 0 Å². The van der Waals surface area contributed by atoms with Crippen LogP contribution in [0.1, 0.15) is 20.8 Å². The average molecular weight is 187 g/mol. The molecule has 0 radical (unpaired) electrons. The van der Waals surface area contributed by atoms with Gasteiger partial charge in [0.15, 0.2) is 0 Å². The van der Waals surface area contributed by atoms with Crippen molar-refractivity contribution in [3.63, 3.8) is 0 Å². The van der Waals surface area contributed by atoms with Crippen LogP contribution >= 0.6 is 0 Å². The molecule has 4 heteroatoms. The van der Waals surface area contributed by atoms with Gasteiger partial charge in [-0.2, -0.15) is 4.39 Å². The van der Waals surface area contributed by atoms with E-state index in [0.717, 1.165) is 0 Å². The highest BCUT2D eigenvalue weighted by Crippen LogP contribution is 2.16.